The molecule has 2 aromatic heterocycles. The van der Waals surface area contributed by atoms with E-state index in [4.69, 9.17) is 9.52 Å². The molecular formula is C9H10N2O4. The van der Waals surface area contributed by atoms with E-state index in [0.717, 1.165) is 5.76 Å². The highest BCUT2D eigenvalue weighted by atomic mass is 16.4. The van der Waals surface area contributed by atoms with Gasteiger partial charge < -0.3 is 15.0 Å². The minimum absolute atomic E-state index is 0. The fraction of sp³-hybridized carbons (Fsp3) is 0.111. The van der Waals surface area contributed by atoms with Crippen LogP contribution < -0.4 is 0 Å². The molecule has 0 amide bonds. The molecule has 0 bridgehead atoms. The van der Waals surface area contributed by atoms with E-state index in [1.165, 1.54) is 6.07 Å². The second kappa shape index (κ2) is 3.97. The molecule has 0 aliphatic carbocycles. The van der Waals surface area contributed by atoms with Crippen LogP contribution in [0.1, 0.15) is 16.2 Å². The number of hydrogen-bond donors (Lipinski definition) is 2. The number of furan rings is 1. The second-order valence-corrected chi connectivity index (χ2v) is 2.88. The van der Waals surface area contributed by atoms with Gasteiger partial charge >= 0.3 is 5.97 Å². The minimum Gasteiger partial charge on any atom is -0.476 e. The van der Waals surface area contributed by atoms with Crippen molar-refractivity contribution >= 4 is 5.97 Å². The van der Waals surface area contributed by atoms with E-state index < -0.39 is 5.97 Å². The fourth-order valence-electron chi connectivity index (χ4n) is 1.14. The molecule has 0 aromatic carbocycles. The molecule has 0 saturated heterocycles. The number of nitrogens with zero attached hydrogens (tertiary/aromatic N) is 1. The lowest BCUT2D eigenvalue weighted by Gasteiger charge is -1.87. The number of aromatic nitrogens is 2. The van der Waals surface area contributed by atoms with Crippen LogP contribution in [0.2, 0.25) is 0 Å². The van der Waals surface area contributed by atoms with E-state index in [0.29, 0.717) is 11.5 Å². The molecule has 6 nitrogen and oxygen atoms in total. The van der Waals surface area contributed by atoms with Gasteiger partial charge in [-0.15, -0.1) is 0 Å². The summed E-state index contributed by atoms with van der Waals surface area (Å²) in [4.78, 5) is 10.5. The normalized spacial score (nSPS) is 9.67. The van der Waals surface area contributed by atoms with E-state index in [2.05, 4.69) is 10.2 Å². The molecule has 0 spiro atoms. The summed E-state index contributed by atoms with van der Waals surface area (Å²) in [7, 11) is 0. The van der Waals surface area contributed by atoms with Gasteiger partial charge in [-0.3, -0.25) is 5.10 Å². The largest absolute Gasteiger partial charge is 0.476 e. The van der Waals surface area contributed by atoms with Gasteiger partial charge in [0.2, 0.25) is 0 Å². The van der Waals surface area contributed by atoms with Crippen molar-refractivity contribution in [3.05, 3.63) is 29.7 Å². The summed E-state index contributed by atoms with van der Waals surface area (Å²) >= 11 is 0. The van der Waals surface area contributed by atoms with Crippen LogP contribution in [-0.2, 0) is 0 Å². The van der Waals surface area contributed by atoms with Crippen molar-refractivity contribution < 1.29 is 19.8 Å². The Morgan fingerprint density at radius 3 is 2.73 bits per heavy atom. The Hall–Kier alpha value is -2.08. The number of rotatable bonds is 2. The summed E-state index contributed by atoms with van der Waals surface area (Å²) in [6, 6.07) is 4.99. The summed E-state index contributed by atoms with van der Waals surface area (Å²) < 4.78 is 5.30. The summed E-state index contributed by atoms with van der Waals surface area (Å²) in [5, 5.41) is 14.8. The van der Waals surface area contributed by atoms with Crippen molar-refractivity contribution in [2.45, 2.75) is 6.92 Å². The van der Waals surface area contributed by atoms with Crippen molar-refractivity contribution in [3.8, 4) is 11.5 Å². The van der Waals surface area contributed by atoms with Crippen LogP contribution in [0.3, 0.4) is 0 Å². The zero-order chi connectivity index (χ0) is 10.1. The van der Waals surface area contributed by atoms with E-state index in [1.54, 1.807) is 12.1 Å². The highest BCUT2D eigenvalue weighted by Gasteiger charge is 2.11. The molecule has 6 heteroatoms. The van der Waals surface area contributed by atoms with Gasteiger partial charge in [0.25, 0.3) is 0 Å². The number of carboxylic acid groups (broad SMARTS) is 1. The summed E-state index contributed by atoms with van der Waals surface area (Å²) in [5.41, 5.74) is 0.546. The topological polar surface area (TPSA) is 111 Å². The molecule has 2 rings (SSSR count). The first-order valence-corrected chi connectivity index (χ1v) is 4.02. The molecule has 0 aliphatic heterocycles. The summed E-state index contributed by atoms with van der Waals surface area (Å²) in [5.74, 6) is 0.296. The minimum atomic E-state index is -1.06. The van der Waals surface area contributed by atoms with Crippen molar-refractivity contribution in [3.63, 3.8) is 0 Å². The van der Waals surface area contributed by atoms with Gasteiger partial charge in [0, 0.05) is 6.07 Å². The van der Waals surface area contributed by atoms with Crippen molar-refractivity contribution in [2.75, 3.05) is 0 Å². The van der Waals surface area contributed by atoms with Gasteiger partial charge in [0.05, 0.1) is 0 Å². The van der Waals surface area contributed by atoms with Crippen LogP contribution in [0.25, 0.3) is 11.5 Å². The van der Waals surface area contributed by atoms with Gasteiger partial charge in [-0.05, 0) is 19.1 Å². The van der Waals surface area contributed by atoms with Crippen LogP contribution >= 0.6 is 0 Å². The van der Waals surface area contributed by atoms with Gasteiger partial charge in [-0.2, -0.15) is 5.10 Å². The molecule has 4 N–H and O–H groups in total. The second-order valence-electron chi connectivity index (χ2n) is 2.88. The van der Waals surface area contributed by atoms with E-state index >= 15 is 0 Å². The number of aromatic carboxylic acids is 1. The summed E-state index contributed by atoms with van der Waals surface area (Å²) in [6.07, 6.45) is 0. The third-order valence-electron chi connectivity index (χ3n) is 1.80. The number of aromatic amines is 1. The SMILES string of the molecule is Cc1ccc(-c2cc(C(=O)O)n[nH]2)o1.O. The van der Waals surface area contributed by atoms with Gasteiger partial charge in [0.1, 0.15) is 11.5 Å². The highest BCUT2D eigenvalue weighted by molar-refractivity contribution is 5.86. The molecule has 80 valence electrons. The van der Waals surface area contributed by atoms with E-state index in [1.807, 2.05) is 6.92 Å². The first-order chi connectivity index (χ1) is 6.66. The van der Waals surface area contributed by atoms with Gasteiger partial charge in [-0.25, -0.2) is 4.79 Å². The molecule has 0 radical (unpaired) electrons. The maximum Gasteiger partial charge on any atom is 0.356 e. The molecular weight excluding hydrogens is 200 g/mol. The Balaban J connectivity index is 0.00000112. The van der Waals surface area contributed by atoms with E-state index in [9.17, 15) is 4.79 Å². The van der Waals surface area contributed by atoms with E-state index in [-0.39, 0.29) is 11.2 Å². The zero-order valence-electron chi connectivity index (χ0n) is 7.94. The predicted molar refractivity (Wildman–Crippen MR) is 51.6 cm³/mol. The fourth-order valence-corrected chi connectivity index (χ4v) is 1.14. The van der Waals surface area contributed by atoms with Crippen LogP contribution in [-0.4, -0.2) is 26.7 Å². The molecule has 0 saturated carbocycles. The number of aryl methyl sites for hydroxylation is 1. The molecule has 2 aromatic rings. The third-order valence-corrected chi connectivity index (χ3v) is 1.80. The highest BCUT2D eigenvalue weighted by Crippen LogP contribution is 2.20. The molecule has 0 atom stereocenters. The number of carbonyl (C=O) groups is 1. The Bertz CT molecular complexity index is 472. The lowest BCUT2D eigenvalue weighted by molar-refractivity contribution is 0.0690. The molecule has 0 fully saturated rings. The quantitative estimate of drug-likeness (QED) is 0.765. The maximum atomic E-state index is 10.5. The van der Waals surface area contributed by atoms with Crippen LogP contribution in [0, 0.1) is 6.92 Å². The first kappa shape index (κ1) is 11.0. The summed E-state index contributed by atoms with van der Waals surface area (Å²) in [6.45, 7) is 1.82. The number of H-pyrrole nitrogens is 1. The van der Waals surface area contributed by atoms with Crippen LogP contribution in [0.5, 0.6) is 0 Å². The van der Waals surface area contributed by atoms with Crippen LogP contribution in [0.4, 0.5) is 0 Å². The monoisotopic (exact) mass is 210 g/mol. The van der Waals surface area contributed by atoms with Crippen molar-refractivity contribution in [1.82, 2.24) is 10.2 Å². The molecule has 0 unspecified atom stereocenters. The Labute approximate surface area is 84.8 Å². The molecule has 0 aliphatic rings. The molecule has 15 heavy (non-hydrogen) atoms. The lowest BCUT2D eigenvalue weighted by Crippen LogP contribution is -1.95. The zero-order valence-corrected chi connectivity index (χ0v) is 7.94. The Morgan fingerprint density at radius 2 is 2.27 bits per heavy atom. The van der Waals surface area contributed by atoms with Crippen molar-refractivity contribution in [2.24, 2.45) is 0 Å². The first-order valence-electron chi connectivity index (χ1n) is 4.02. The number of nitrogens with one attached hydrogen (secondary N) is 1. The average molecular weight is 210 g/mol. The Morgan fingerprint density at radius 1 is 1.53 bits per heavy atom. The third kappa shape index (κ3) is 2.05. The van der Waals surface area contributed by atoms with Crippen molar-refractivity contribution in [1.29, 1.82) is 0 Å². The standard InChI is InChI=1S/C9H8N2O3.H2O/c1-5-2-3-8(14-5)6-4-7(9(12)13)11-10-6;/h2-4H,1H3,(H,10,11)(H,12,13);1H2. The molecule has 2 heterocycles. The van der Waals surface area contributed by atoms with Gasteiger partial charge in [0.15, 0.2) is 11.5 Å². The van der Waals surface area contributed by atoms with Crippen LogP contribution in [0.15, 0.2) is 22.6 Å². The maximum absolute atomic E-state index is 10.5. The Kier molecular flexibility index (Phi) is 2.91. The number of hydrogen-bond acceptors (Lipinski definition) is 3. The number of carboxylic acids is 1. The predicted octanol–water partition coefficient (Wildman–Crippen LogP) is 0.852. The smallest absolute Gasteiger partial charge is 0.356 e. The van der Waals surface area contributed by atoms with Gasteiger partial charge in [-0.1, -0.05) is 0 Å². The average Bonchev–Trinajstić information content (AvgIpc) is 2.70. The lowest BCUT2D eigenvalue weighted by atomic mass is 10.3.